The molecule has 10 heavy (non-hydrogen) atoms. The molecule has 58 valence electrons. The molecule has 1 heteroatoms. The second-order valence-corrected chi connectivity index (χ2v) is 3.04. The van der Waals surface area contributed by atoms with Crippen molar-refractivity contribution in [3.63, 3.8) is 0 Å². The maximum atomic E-state index is 3.27. The number of hydrogen-bond donors (Lipinski definition) is 1. The Morgan fingerprint density at radius 1 is 1.50 bits per heavy atom. The maximum absolute atomic E-state index is 3.27. The molecule has 1 N–H and O–H groups in total. The van der Waals surface area contributed by atoms with Crippen molar-refractivity contribution in [3.8, 4) is 0 Å². The van der Waals surface area contributed by atoms with E-state index in [1.165, 1.54) is 25.7 Å². The van der Waals surface area contributed by atoms with E-state index in [0.717, 1.165) is 0 Å². The third kappa shape index (κ3) is 1.84. The minimum atomic E-state index is 0.597. The minimum absolute atomic E-state index is 0.597. The van der Waals surface area contributed by atoms with Gasteiger partial charge in [0.05, 0.1) is 0 Å². The molecule has 1 unspecified atom stereocenters. The van der Waals surface area contributed by atoms with Gasteiger partial charge in [0, 0.05) is 6.04 Å². The second-order valence-electron chi connectivity index (χ2n) is 3.04. The van der Waals surface area contributed by atoms with Crippen LogP contribution in [-0.2, 0) is 0 Å². The number of hydrogen-bond acceptors (Lipinski definition) is 1. The van der Waals surface area contributed by atoms with Gasteiger partial charge in [0.2, 0.25) is 0 Å². The Morgan fingerprint density at radius 3 is 2.80 bits per heavy atom. The van der Waals surface area contributed by atoms with Crippen LogP contribution in [0.5, 0.6) is 0 Å². The molecule has 0 saturated carbocycles. The van der Waals surface area contributed by atoms with Gasteiger partial charge in [0.25, 0.3) is 0 Å². The van der Waals surface area contributed by atoms with E-state index in [1.54, 1.807) is 5.57 Å². The van der Waals surface area contributed by atoms with Crippen LogP contribution in [0.25, 0.3) is 0 Å². The first-order chi connectivity index (χ1) is 4.84. The van der Waals surface area contributed by atoms with Crippen LogP contribution in [0.1, 0.15) is 32.6 Å². The molecule has 0 aromatic carbocycles. The monoisotopic (exact) mass is 139 g/mol. The van der Waals surface area contributed by atoms with Crippen molar-refractivity contribution >= 4 is 0 Å². The van der Waals surface area contributed by atoms with Gasteiger partial charge in [-0.1, -0.05) is 11.6 Å². The fraction of sp³-hybridized carbons (Fsp3) is 0.778. The smallest absolute Gasteiger partial charge is 0.0248 e. The van der Waals surface area contributed by atoms with E-state index in [9.17, 15) is 0 Å². The molecule has 0 bridgehead atoms. The Kier molecular flexibility index (Phi) is 2.94. The average molecular weight is 139 g/mol. The Balaban J connectivity index is 2.44. The highest BCUT2D eigenvalue weighted by molar-refractivity contribution is 5.11. The summed E-state index contributed by atoms with van der Waals surface area (Å²) in [6.45, 7) is 2.23. The van der Waals surface area contributed by atoms with Crippen LogP contribution in [0.2, 0.25) is 0 Å². The zero-order valence-electron chi connectivity index (χ0n) is 6.98. The first-order valence-electron chi connectivity index (χ1n) is 4.21. The Hall–Kier alpha value is -0.300. The van der Waals surface area contributed by atoms with Crippen molar-refractivity contribution in [3.05, 3.63) is 11.6 Å². The summed E-state index contributed by atoms with van der Waals surface area (Å²) in [6.07, 6.45) is 7.77. The summed E-state index contributed by atoms with van der Waals surface area (Å²) in [5.41, 5.74) is 1.61. The highest BCUT2D eigenvalue weighted by Gasteiger charge is 2.08. The summed E-state index contributed by atoms with van der Waals surface area (Å²) in [5, 5.41) is 3.27. The fourth-order valence-corrected chi connectivity index (χ4v) is 1.44. The predicted molar refractivity (Wildman–Crippen MR) is 45.1 cm³/mol. The van der Waals surface area contributed by atoms with Crippen LogP contribution in [0, 0.1) is 0 Å². The molecule has 0 radical (unpaired) electrons. The standard InChI is InChI=1S/C9H17N/c1-8(10-2)9-6-4-3-5-7-9/h6,8,10H,3-5,7H2,1-2H3. The molecule has 1 rings (SSSR count). The normalized spacial score (nSPS) is 22.0. The Morgan fingerprint density at radius 2 is 2.30 bits per heavy atom. The highest BCUT2D eigenvalue weighted by Crippen LogP contribution is 2.19. The van der Waals surface area contributed by atoms with Crippen molar-refractivity contribution in [2.45, 2.75) is 38.6 Å². The zero-order chi connectivity index (χ0) is 7.40. The fourth-order valence-electron chi connectivity index (χ4n) is 1.44. The number of likely N-dealkylation sites (N-methyl/N-ethyl adjacent to an activating group) is 1. The molecule has 0 amide bonds. The van der Waals surface area contributed by atoms with Gasteiger partial charge in [-0.05, 0) is 39.7 Å². The summed E-state index contributed by atoms with van der Waals surface area (Å²) in [5.74, 6) is 0. The number of nitrogens with one attached hydrogen (secondary N) is 1. The van der Waals surface area contributed by atoms with Crippen LogP contribution in [0.15, 0.2) is 11.6 Å². The lowest BCUT2D eigenvalue weighted by Gasteiger charge is -2.18. The van der Waals surface area contributed by atoms with Crippen molar-refractivity contribution < 1.29 is 0 Å². The number of allylic oxidation sites excluding steroid dienone is 1. The van der Waals surface area contributed by atoms with E-state index < -0.39 is 0 Å². The second kappa shape index (κ2) is 3.77. The first kappa shape index (κ1) is 7.80. The quantitative estimate of drug-likeness (QED) is 0.578. The molecule has 1 nitrogen and oxygen atoms in total. The number of rotatable bonds is 2. The van der Waals surface area contributed by atoms with E-state index in [-0.39, 0.29) is 0 Å². The molecule has 0 saturated heterocycles. The van der Waals surface area contributed by atoms with Gasteiger partial charge >= 0.3 is 0 Å². The van der Waals surface area contributed by atoms with Crippen molar-refractivity contribution in [2.24, 2.45) is 0 Å². The molecule has 1 aliphatic carbocycles. The van der Waals surface area contributed by atoms with Crippen LogP contribution < -0.4 is 5.32 Å². The van der Waals surface area contributed by atoms with Crippen molar-refractivity contribution in [2.75, 3.05) is 7.05 Å². The maximum Gasteiger partial charge on any atom is 0.0248 e. The van der Waals surface area contributed by atoms with E-state index >= 15 is 0 Å². The van der Waals surface area contributed by atoms with Gasteiger partial charge in [0.1, 0.15) is 0 Å². The minimum Gasteiger partial charge on any atom is -0.314 e. The molecule has 0 fully saturated rings. The SMILES string of the molecule is CNC(C)C1=CCCCC1. The molecule has 0 aromatic heterocycles. The van der Waals surface area contributed by atoms with Crippen molar-refractivity contribution in [1.82, 2.24) is 5.32 Å². The lowest BCUT2D eigenvalue weighted by molar-refractivity contribution is 0.603. The van der Waals surface area contributed by atoms with Gasteiger partial charge in [-0.3, -0.25) is 0 Å². The largest absolute Gasteiger partial charge is 0.314 e. The molecule has 0 heterocycles. The van der Waals surface area contributed by atoms with Crippen LogP contribution in [-0.4, -0.2) is 13.1 Å². The Labute approximate surface area is 63.5 Å². The van der Waals surface area contributed by atoms with Crippen LogP contribution >= 0.6 is 0 Å². The van der Waals surface area contributed by atoms with Gasteiger partial charge in [-0.15, -0.1) is 0 Å². The molecule has 1 aliphatic rings. The van der Waals surface area contributed by atoms with Gasteiger partial charge in [0.15, 0.2) is 0 Å². The molecular formula is C9H17N. The van der Waals surface area contributed by atoms with E-state index in [0.29, 0.717) is 6.04 Å². The molecule has 1 atom stereocenters. The summed E-state index contributed by atoms with van der Waals surface area (Å²) < 4.78 is 0. The lowest BCUT2D eigenvalue weighted by atomic mass is 9.95. The van der Waals surface area contributed by atoms with Crippen LogP contribution in [0.3, 0.4) is 0 Å². The van der Waals surface area contributed by atoms with E-state index in [2.05, 4.69) is 18.3 Å². The predicted octanol–water partition coefficient (Wildman–Crippen LogP) is 2.09. The molecule has 0 aromatic rings. The first-order valence-corrected chi connectivity index (χ1v) is 4.21. The summed E-state index contributed by atoms with van der Waals surface area (Å²) in [6, 6.07) is 0.597. The third-order valence-corrected chi connectivity index (χ3v) is 2.32. The summed E-state index contributed by atoms with van der Waals surface area (Å²) in [7, 11) is 2.03. The summed E-state index contributed by atoms with van der Waals surface area (Å²) >= 11 is 0. The van der Waals surface area contributed by atoms with Gasteiger partial charge in [-0.25, -0.2) is 0 Å². The van der Waals surface area contributed by atoms with Gasteiger partial charge < -0.3 is 5.32 Å². The molecule has 0 spiro atoms. The highest BCUT2D eigenvalue weighted by atomic mass is 14.9. The van der Waals surface area contributed by atoms with E-state index in [1.807, 2.05) is 7.05 Å². The molecular weight excluding hydrogens is 122 g/mol. The van der Waals surface area contributed by atoms with Gasteiger partial charge in [-0.2, -0.15) is 0 Å². The van der Waals surface area contributed by atoms with E-state index in [4.69, 9.17) is 0 Å². The zero-order valence-corrected chi connectivity index (χ0v) is 6.98. The lowest BCUT2D eigenvalue weighted by Crippen LogP contribution is -2.24. The topological polar surface area (TPSA) is 12.0 Å². The Bertz CT molecular complexity index is 127. The summed E-state index contributed by atoms with van der Waals surface area (Å²) in [4.78, 5) is 0. The third-order valence-electron chi connectivity index (χ3n) is 2.32. The van der Waals surface area contributed by atoms with Crippen molar-refractivity contribution in [1.29, 1.82) is 0 Å². The average Bonchev–Trinajstić information content (AvgIpc) is 2.05. The molecule has 0 aliphatic heterocycles. The van der Waals surface area contributed by atoms with Crippen LogP contribution in [0.4, 0.5) is 0 Å².